The number of anilines is 1. The Hall–Kier alpha value is -2.37. The van der Waals surface area contributed by atoms with Crippen LogP contribution in [0.2, 0.25) is 0 Å². The van der Waals surface area contributed by atoms with Crippen LogP contribution in [0.15, 0.2) is 48.5 Å². The molecule has 0 aliphatic rings. The fourth-order valence-corrected chi connectivity index (χ4v) is 2.35. The Bertz CT molecular complexity index is 613. The van der Waals surface area contributed by atoms with Gasteiger partial charge in [0, 0.05) is 16.8 Å². The summed E-state index contributed by atoms with van der Waals surface area (Å²) >= 11 is 0. The van der Waals surface area contributed by atoms with E-state index < -0.39 is 0 Å². The molecule has 0 fully saturated rings. The molecule has 1 unspecified atom stereocenters. The third kappa shape index (κ3) is 3.81. The summed E-state index contributed by atoms with van der Waals surface area (Å²) in [6.07, 6.45) is 0. The lowest BCUT2D eigenvalue weighted by atomic mass is 9.96. The number of rotatable bonds is 5. The predicted octanol–water partition coefficient (Wildman–Crippen LogP) is 0.220. The van der Waals surface area contributed by atoms with Gasteiger partial charge in [0.25, 0.3) is 5.91 Å². The summed E-state index contributed by atoms with van der Waals surface area (Å²) in [6, 6.07) is 15.9. The topological polar surface area (TPSA) is 97.7 Å². The molecule has 0 saturated carbocycles. The molecule has 0 aromatic heterocycles. The molecule has 2 rings (SSSR count). The number of carbonyl (C=O) groups excluding carboxylic acids is 1. The number of quaternary nitrogens is 1. The SMILES string of the molecule is Cc1ccc(N)c(C([NH2+]CC(=O)NN)c2ccccc2)c1. The predicted molar refractivity (Wildman–Crippen MR) is 83.0 cm³/mol. The fraction of sp³-hybridized carbons (Fsp3) is 0.188. The van der Waals surface area contributed by atoms with E-state index in [0.29, 0.717) is 0 Å². The number of hydrazine groups is 1. The first kappa shape index (κ1) is 15.0. The van der Waals surface area contributed by atoms with E-state index in [1.54, 1.807) is 0 Å². The van der Waals surface area contributed by atoms with Gasteiger partial charge in [-0.15, -0.1) is 0 Å². The standard InChI is InChI=1S/C16H20N4O/c1-11-7-8-14(17)13(9-11)16(19-10-15(21)20-18)12-5-3-2-4-6-12/h2-9,16,19H,10,17-18H2,1H3,(H,20,21)/p+1. The number of hydrogen-bond donors (Lipinski definition) is 4. The molecule has 5 nitrogen and oxygen atoms in total. The first-order valence-electron chi connectivity index (χ1n) is 6.85. The van der Waals surface area contributed by atoms with Gasteiger partial charge in [0.1, 0.15) is 6.04 Å². The molecule has 5 heteroatoms. The van der Waals surface area contributed by atoms with Crippen molar-refractivity contribution in [1.82, 2.24) is 5.43 Å². The molecule has 21 heavy (non-hydrogen) atoms. The van der Waals surface area contributed by atoms with Crippen molar-refractivity contribution in [3.63, 3.8) is 0 Å². The quantitative estimate of drug-likeness (QED) is 0.274. The van der Waals surface area contributed by atoms with E-state index in [4.69, 9.17) is 11.6 Å². The number of benzene rings is 2. The van der Waals surface area contributed by atoms with Gasteiger partial charge in [-0.2, -0.15) is 0 Å². The highest BCUT2D eigenvalue weighted by Crippen LogP contribution is 2.24. The zero-order valence-corrected chi connectivity index (χ0v) is 12.0. The highest BCUT2D eigenvalue weighted by Gasteiger charge is 2.21. The Morgan fingerprint density at radius 3 is 2.62 bits per heavy atom. The molecular weight excluding hydrogens is 264 g/mol. The minimum Gasteiger partial charge on any atom is -0.398 e. The number of carbonyl (C=O) groups is 1. The average Bonchev–Trinajstić information content (AvgIpc) is 2.51. The highest BCUT2D eigenvalue weighted by molar-refractivity contribution is 5.76. The van der Waals surface area contributed by atoms with Crippen LogP contribution in [-0.4, -0.2) is 12.5 Å². The van der Waals surface area contributed by atoms with Crippen molar-refractivity contribution in [3.8, 4) is 0 Å². The van der Waals surface area contributed by atoms with Crippen LogP contribution in [0, 0.1) is 6.92 Å². The van der Waals surface area contributed by atoms with Gasteiger partial charge in [-0.05, 0) is 19.1 Å². The van der Waals surface area contributed by atoms with Crippen LogP contribution in [0.5, 0.6) is 0 Å². The maximum Gasteiger partial charge on any atom is 0.288 e. The van der Waals surface area contributed by atoms with E-state index >= 15 is 0 Å². The fourth-order valence-electron chi connectivity index (χ4n) is 2.35. The number of aryl methyl sites for hydroxylation is 1. The zero-order chi connectivity index (χ0) is 15.2. The van der Waals surface area contributed by atoms with Crippen molar-refractivity contribution in [2.75, 3.05) is 12.3 Å². The third-order valence-electron chi connectivity index (χ3n) is 3.44. The van der Waals surface area contributed by atoms with E-state index in [1.807, 2.05) is 54.7 Å². The zero-order valence-electron chi connectivity index (χ0n) is 12.0. The molecule has 0 bridgehead atoms. The molecule has 7 N–H and O–H groups in total. The smallest absolute Gasteiger partial charge is 0.288 e. The minimum atomic E-state index is -0.220. The van der Waals surface area contributed by atoms with Crippen LogP contribution < -0.4 is 22.3 Å². The van der Waals surface area contributed by atoms with Crippen LogP contribution >= 0.6 is 0 Å². The Kier molecular flexibility index (Phi) is 4.92. The van der Waals surface area contributed by atoms with Gasteiger partial charge in [-0.3, -0.25) is 10.2 Å². The second kappa shape index (κ2) is 6.88. The lowest BCUT2D eigenvalue weighted by Gasteiger charge is -2.18. The lowest BCUT2D eigenvalue weighted by Crippen LogP contribution is -2.88. The number of nitrogens with two attached hydrogens (primary N) is 3. The summed E-state index contributed by atoms with van der Waals surface area (Å²) < 4.78 is 0. The maximum absolute atomic E-state index is 11.4. The van der Waals surface area contributed by atoms with Gasteiger partial charge in [-0.25, -0.2) is 5.84 Å². The summed E-state index contributed by atoms with van der Waals surface area (Å²) in [5, 5.41) is 1.93. The van der Waals surface area contributed by atoms with Crippen molar-refractivity contribution in [3.05, 3.63) is 65.2 Å². The Morgan fingerprint density at radius 2 is 1.95 bits per heavy atom. The molecule has 2 aromatic carbocycles. The van der Waals surface area contributed by atoms with E-state index in [1.165, 1.54) is 0 Å². The minimum absolute atomic E-state index is 0.0385. The van der Waals surface area contributed by atoms with Gasteiger partial charge >= 0.3 is 0 Å². The molecule has 0 radical (unpaired) electrons. The second-order valence-electron chi connectivity index (χ2n) is 5.03. The summed E-state index contributed by atoms with van der Waals surface area (Å²) in [6.45, 7) is 2.26. The van der Waals surface area contributed by atoms with E-state index in [0.717, 1.165) is 22.4 Å². The van der Waals surface area contributed by atoms with Crippen LogP contribution in [0.4, 0.5) is 5.69 Å². The molecular formula is C16H21N4O+. The molecule has 2 aromatic rings. The Labute approximate surface area is 124 Å². The van der Waals surface area contributed by atoms with Crippen molar-refractivity contribution < 1.29 is 10.1 Å². The van der Waals surface area contributed by atoms with Crippen LogP contribution in [-0.2, 0) is 4.79 Å². The van der Waals surface area contributed by atoms with Gasteiger partial charge in [-0.1, -0.05) is 42.0 Å². The molecule has 1 atom stereocenters. The summed E-state index contributed by atoms with van der Waals surface area (Å²) in [7, 11) is 0. The first-order valence-corrected chi connectivity index (χ1v) is 6.85. The Morgan fingerprint density at radius 1 is 1.24 bits per heavy atom. The molecule has 0 saturated heterocycles. The molecule has 110 valence electrons. The number of amides is 1. The van der Waals surface area contributed by atoms with E-state index in [-0.39, 0.29) is 18.5 Å². The molecule has 0 spiro atoms. The summed E-state index contributed by atoms with van der Waals surface area (Å²) in [5.74, 6) is 4.93. The van der Waals surface area contributed by atoms with Gasteiger partial charge in [0.15, 0.2) is 6.54 Å². The first-order chi connectivity index (χ1) is 10.1. The third-order valence-corrected chi connectivity index (χ3v) is 3.44. The number of hydrogen-bond acceptors (Lipinski definition) is 3. The summed E-state index contributed by atoms with van der Waals surface area (Å²) in [5.41, 5.74) is 12.2. The Balaban J connectivity index is 2.35. The number of nitrogens with one attached hydrogen (secondary N) is 1. The lowest BCUT2D eigenvalue weighted by molar-refractivity contribution is -0.676. The van der Waals surface area contributed by atoms with E-state index in [9.17, 15) is 4.79 Å². The van der Waals surface area contributed by atoms with Crippen LogP contribution in [0.3, 0.4) is 0 Å². The summed E-state index contributed by atoms with van der Waals surface area (Å²) in [4.78, 5) is 11.4. The second-order valence-corrected chi connectivity index (χ2v) is 5.03. The van der Waals surface area contributed by atoms with Crippen molar-refractivity contribution in [1.29, 1.82) is 0 Å². The monoisotopic (exact) mass is 285 g/mol. The maximum atomic E-state index is 11.4. The number of nitrogen functional groups attached to an aromatic ring is 1. The van der Waals surface area contributed by atoms with Crippen molar-refractivity contribution in [2.24, 2.45) is 5.84 Å². The van der Waals surface area contributed by atoms with E-state index in [2.05, 4.69) is 11.5 Å². The normalized spacial score (nSPS) is 11.9. The highest BCUT2D eigenvalue weighted by atomic mass is 16.2. The van der Waals surface area contributed by atoms with Gasteiger partial charge in [0.2, 0.25) is 0 Å². The molecule has 1 amide bonds. The van der Waals surface area contributed by atoms with Gasteiger partial charge in [0.05, 0.1) is 0 Å². The largest absolute Gasteiger partial charge is 0.398 e. The van der Waals surface area contributed by atoms with Crippen LogP contribution in [0.1, 0.15) is 22.7 Å². The molecule has 0 heterocycles. The molecule has 0 aliphatic carbocycles. The van der Waals surface area contributed by atoms with Gasteiger partial charge < -0.3 is 11.1 Å². The van der Waals surface area contributed by atoms with Crippen molar-refractivity contribution >= 4 is 11.6 Å². The average molecular weight is 285 g/mol. The molecule has 0 aliphatic heterocycles. The van der Waals surface area contributed by atoms with Crippen molar-refractivity contribution in [2.45, 2.75) is 13.0 Å². The van der Waals surface area contributed by atoms with Crippen LogP contribution in [0.25, 0.3) is 0 Å².